The zero-order chi connectivity index (χ0) is 14.5. The molecule has 8 nitrogen and oxygen atoms in total. The maximum atomic E-state index is 11.7. The van der Waals surface area contributed by atoms with Crippen molar-refractivity contribution < 1.29 is 14.4 Å². The average molecular weight is 297 g/mol. The first kappa shape index (κ1) is 14.4. The number of nitrogens with one attached hydrogen (secondary N) is 3. The van der Waals surface area contributed by atoms with Crippen molar-refractivity contribution in [3.8, 4) is 0 Å². The SMILES string of the molecule is CCCCc1nnc(NC(=O)CC2NC(=O)NC2=O)s1. The topological polar surface area (TPSA) is 113 Å². The molecule has 0 saturated carbocycles. The predicted molar refractivity (Wildman–Crippen MR) is 72.2 cm³/mol. The van der Waals surface area contributed by atoms with Crippen molar-refractivity contribution in [2.75, 3.05) is 5.32 Å². The molecule has 9 heteroatoms. The number of carbonyl (C=O) groups is 3. The second kappa shape index (κ2) is 6.42. The minimum absolute atomic E-state index is 0.124. The summed E-state index contributed by atoms with van der Waals surface area (Å²) in [5, 5.41) is 16.1. The third kappa shape index (κ3) is 3.73. The Morgan fingerprint density at radius 1 is 1.40 bits per heavy atom. The Bertz CT molecular complexity index is 530. The van der Waals surface area contributed by atoms with Gasteiger partial charge in [0.05, 0.1) is 6.42 Å². The van der Waals surface area contributed by atoms with Crippen LogP contribution in [-0.2, 0) is 16.0 Å². The van der Waals surface area contributed by atoms with E-state index in [0.717, 1.165) is 24.3 Å². The number of imide groups is 1. The van der Waals surface area contributed by atoms with Crippen LogP contribution in [0.25, 0.3) is 0 Å². The fraction of sp³-hybridized carbons (Fsp3) is 0.545. The van der Waals surface area contributed by atoms with E-state index in [2.05, 4.69) is 33.1 Å². The van der Waals surface area contributed by atoms with Gasteiger partial charge in [-0.05, 0) is 6.42 Å². The van der Waals surface area contributed by atoms with Gasteiger partial charge in [0.2, 0.25) is 11.0 Å². The van der Waals surface area contributed by atoms with E-state index in [1.54, 1.807) is 0 Å². The highest BCUT2D eigenvalue weighted by atomic mass is 32.1. The van der Waals surface area contributed by atoms with Crippen LogP contribution in [0.15, 0.2) is 0 Å². The molecular formula is C11H15N5O3S. The molecule has 0 radical (unpaired) electrons. The average Bonchev–Trinajstić information content (AvgIpc) is 2.94. The lowest BCUT2D eigenvalue weighted by Crippen LogP contribution is -2.33. The molecule has 2 rings (SSSR count). The van der Waals surface area contributed by atoms with E-state index < -0.39 is 18.0 Å². The summed E-state index contributed by atoms with van der Waals surface area (Å²) >= 11 is 1.32. The van der Waals surface area contributed by atoms with Crippen molar-refractivity contribution in [2.24, 2.45) is 0 Å². The van der Waals surface area contributed by atoms with Crippen LogP contribution in [0.3, 0.4) is 0 Å². The van der Waals surface area contributed by atoms with Gasteiger partial charge in [-0.15, -0.1) is 10.2 Å². The zero-order valence-corrected chi connectivity index (χ0v) is 11.7. The van der Waals surface area contributed by atoms with E-state index in [0.29, 0.717) is 5.13 Å². The van der Waals surface area contributed by atoms with Crippen molar-refractivity contribution in [3.63, 3.8) is 0 Å². The van der Waals surface area contributed by atoms with Gasteiger partial charge in [-0.25, -0.2) is 4.79 Å². The number of aromatic nitrogens is 2. The monoisotopic (exact) mass is 297 g/mol. The van der Waals surface area contributed by atoms with Crippen LogP contribution >= 0.6 is 11.3 Å². The number of hydrogen-bond donors (Lipinski definition) is 3. The number of rotatable bonds is 6. The van der Waals surface area contributed by atoms with Gasteiger partial charge in [0, 0.05) is 6.42 Å². The number of unbranched alkanes of at least 4 members (excludes halogenated alkanes) is 1. The molecule has 1 fully saturated rings. The molecule has 1 aromatic heterocycles. The number of carbonyl (C=O) groups excluding carboxylic acids is 3. The lowest BCUT2D eigenvalue weighted by molar-refractivity contribution is -0.124. The van der Waals surface area contributed by atoms with Gasteiger partial charge in [0.15, 0.2) is 0 Å². The van der Waals surface area contributed by atoms with Crippen LogP contribution in [-0.4, -0.2) is 34.1 Å². The van der Waals surface area contributed by atoms with E-state index in [1.165, 1.54) is 11.3 Å². The molecule has 0 bridgehead atoms. The third-order valence-corrected chi connectivity index (χ3v) is 3.60. The van der Waals surface area contributed by atoms with Gasteiger partial charge in [0.1, 0.15) is 11.0 Å². The summed E-state index contributed by atoms with van der Waals surface area (Å²) in [7, 11) is 0. The lowest BCUT2D eigenvalue weighted by Gasteiger charge is -2.05. The molecule has 1 unspecified atom stereocenters. The second-order valence-electron chi connectivity index (χ2n) is 4.37. The van der Waals surface area contributed by atoms with Gasteiger partial charge < -0.3 is 10.6 Å². The molecule has 1 aliphatic heterocycles. The molecular weight excluding hydrogens is 282 g/mol. The van der Waals surface area contributed by atoms with Gasteiger partial charge in [0.25, 0.3) is 5.91 Å². The molecule has 1 saturated heterocycles. The molecule has 0 spiro atoms. The van der Waals surface area contributed by atoms with E-state index in [1.807, 2.05) is 0 Å². The van der Waals surface area contributed by atoms with Gasteiger partial charge in [-0.3, -0.25) is 14.9 Å². The minimum Gasteiger partial charge on any atom is -0.325 e. The van der Waals surface area contributed by atoms with Crippen molar-refractivity contribution in [2.45, 2.75) is 38.6 Å². The Morgan fingerprint density at radius 2 is 2.20 bits per heavy atom. The van der Waals surface area contributed by atoms with E-state index in [9.17, 15) is 14.4 Å². The lowest BCUT2D eigenvalue weighted by atomic mass is 10.2. The van der Waals surface area contributed by atoms with E-state index in [4.69, 9.17) is 0 Å². The third-order valence-electron chi connectivity index (χ3n) is 2.71. The first-order chi connectivity index (χ1) is 9.58. The molecule has 20 heavy (non-hydrogen) atoms. The van der Waals surface area contributed by atoms with Crippen LogP contribution in [0, 0.1) is 0 Å². The largest absolute Gasteiger partial charge is 0.325 e. The maximum Gasteiger partial charge on any atom is 0.322 e. The van der Waals surface area contributed by atoms with Gasteiger partial charge in [-0.1, -0.05) is 24.7 Å². The maximum absolute atomic E-state index is 11.7. The van der Waals surface area contributed by atoms with Crippen LogP contribution in [0.5, 0.6) is 0 Å². The van der Waals surface area contributed by atoms with Crippen LogP contribution < -0.4 is 16.0 Å². The molecule has 4 amide bonds. The number of hydrogen-bond acceptors (Lipinski definition) is 6. The number of aryl methyl sites for hydroxylation is 1. The highest BCUT2D eigenvalue weighted by Gasteiger charge is 2.31. The molecule has 3 N–H and O–H groups in total. The van der Waals surface area contributed by atoms with Gasteiger partial charge in [-0.2, -0.15) is 0 Å². The normalized spacial score (nSPS) is 17.8. The van der Waals surface area contributed by atoms with Crippen molar-refractivity contribution in [1.29, 1.82) is 0 Å². The second-order valence-corrected chi connectivity index (χ2v) is 5.43. The van der Waals surface area contributed by atoms with Crippen molar-refractivity contribution >= 4 is 34.3 Å². The fourth-order valence-corrected chi connectivity index (χ4v) is 2.49. The van der Waals surface area contributed by atoms with Crippen molar-refractivity contribution in [1.82, 2.24) is 20.8 Å². The first-order valence-corrected chi connectivity index (χ1v) is 7.13. The van der Waals surface area contributed by atoms with Crippen LogP contribution in [0.1, 0.15) is 31.2 Å². The Balaban J connectivity index is 1.83. The first-order valence-electron chi connectivity index (χ1n) is 6.32. The number of urea groups is 1. The molecule has 1 aliphatic rings. The summed E-state index contributed by atoms with van der Waals surface area (Å²) in [6.45, 7) is 2.09. The predicted octanol–water partition coefficient (Wildman–Crippen LogP) is 0.417. The van der Waals surface area contributed by atoms with E-state index in [-0.39, 0.29) is 12.3 Å². The van der Waals surface area contributed by atoms with E-state index >= 15 is 0 Å². The molecule has 0 aliphatic carbocycles. The Hall–Kier alpha value is -2.03. The number of amides is 4. The zero-order valence-electron chi connectivity index (χ0n) is 10.9. The smallest absolute Gasteiger partial charge is 0.322 e. The highest BCUT2D eigenvalue weighted by molar-refractivity contribution is 7.15. The summed E-state index contributed by atoms with van der Waals surface area (Å²) in [6, 6.07) is -1.40. The number of nitrogens with zero attached hydrogens (tertiary/aromatic N) is 2. The molecule has 1 aromatic rings. The summed E-state index contributed by atoms with van der Waals surface area (Å²) in [5.41, 5.74) is 0. The van der Waals surface area contributed by atoms with Crippen LogP contribution in [0.4, 0.5) is 9.93 Å². The number of anilines is 1. The molecule has 1 atom stereocenters. The summed E-state index contributed by atoms with van der Waals surface area (Å²) in [6.07, 6.45) is 2.81. The quantitative estimate of drug-likeness (QED) is 0.658. The standard InChI is InChI=1S/C11H15N5O3S/c1-2-3-4-8-15-16-11(20-8)13-7(17)5-6-9(18)14-10(19)12-6/h6H,2-5H2,1H3,(H,13,16,17)(H2,12,14,18,19). The molecule has 0 aromatic carbocycles. The minimum atomic E-state index is -0.824. The molecule has 108 valence electrons. The Morgan fingerprint density at radius 3 is 2.85 bits per heavy atom. The summed E-state index contributed by atoms with van der Waals surface area (Å²) in [5.74, 6) is -0.878. The highest BCUT2D eigenvalue weighted by Crippen LogP contribution is 2.17. The fourth-order valence-electron chi connectivity index (χ4n) is 1.69. The van der Waals surface area contributed by atoms with Crippen LogP contribution in [0.2, 0.25) is 0 Å². The Kier molecular flexibility index (Phi) is 4.61. The summed E-state index contributed by atoms with van der Waals surface area (Å²) in [4.78, 5) is 33.9. The Labute approximate surface area is 119 Å². The van der Waals surface area contributed by atoms with Crippen molar-refractivity contribution in [3.05, 3.63) is 5.01 Å². The molecule has 2 heterocycles. The van der Waals surface area contributed by atoms with Gasteiger partial charge >= 0.3 is 6.03 Å². The summed E-state index contributed by atoms with van der Waals surface area (Å²) < 4.78 is 0.